The lowest BCUT2D eigenvalue weighted by Crippen LogP contribution is -2.55. The van der Waals surface area contributed by atoms with Crippen LogP contribution in [0.1, 0.15) is 33.6 Å². The summed E-state index contributed by atoms with van der Waals surface area (Å²) in [7, 11) is -1.74. The van der Waals surface area contributed by atoms with Crippen LogP contribution in [-0.2, 0) is 10.2 Å². The molecule has 104 valence electrons. The highest BCUT2D eigenvalue weighted by Crippen LogP contribution is 2.11. The van der Waals surface area contributed by atoms with Gasteiger partial charge in [-0.2, -0.15) is 17.4 Å². The molecule has 1 heterocycles. The van der Waals surface area contributed by atoms with Gasteiger partial charge in [-0.1, -0.05) is 0 Å². The third-order valence-corrected chi connectivity index (χ3v) is 4.95. The standard InChI is InChI=1S/C10H23N3O2S.ClH/c1-8(2)13(4)16(14,15)12-10-6-5-7-11-9(10)3;/h8-12H,5-7H2,1-4H3;1H. The Labute approximate surface area is 111 Å². The Morgan fingerprint density at radius 2 is 2.00 bits per heavy atom. The number of hydrogen-bond acceptors (Lipinski definition) is 3. The highest BCUT2D eigenvalue weighted by atomic mass is 35.5. The summed E-state index contributed by atoms with van der Waals surface area (Å²) in [5, 5.41) is 3.28. The number of rotatable bonds is 4. The lowest BCUT2D eigenvalue weighted by molar-refractivity contribution is 0.332. The van der Waals surface area contributed by atoms with Gasteiger partial charge in [0.1, 0.15) is 0 Å². The van der Waals surface area contributed by atoms with E-state index in [0.29, 0.717) is 0 Å². The summed E-state index contributed by atoms with van der Waals surface area (Å²) in [5.74, 6) is 0. The zero-order valence-electron chi connectivity index (χ0n) is 10.9. The third kappa shape index (κ3) is 4.71. The zero-order chi connectivity index (χ0) is 12.3. The third-order valence-electron chi connectivity index (χ3n) is 3.17. The maximum Gasteiger partial charge on any atom is 0.279 e. The van der Waals surface area contributed by atoms with Crippen LogP contribution in [0.2, 0.25) is 0 Å². The fourth-order valence-electron chi connectivity index (χ4n) is 1.76. The van der Waals surface area contributed by atoms with Crippen molar-refractivity contribution in [3.63, 3.8) is 0 Å². The van der Waals surface area contributed by atoms with Crippen molar-refractivity contribution in [3.8, 4) is 0 Å². The largest absolute Gasteiger partial charge is 0.313 e. The lowest BCUT2D eigenvalue weighted by atomic mass is 10.0. The molecule has 0 radical (unpaired) electrons. The van der Waals surface area contributed by atoms with Crippen molar-refractivity contribution in [1.29, 1.82) is 0 Å². The van der Waals surface area contributed by atoms with Gasteiger partial charge in [-0.25, -0.2) is 0 Å². The van der Waals surface area contributed by atoms with Crippen molar-refractivity contribution in [2.24, 2.45) is 0 Å². The van der Waals surface area contributed by atoms with E-state index in [4.69, 9.17) is 0 Å². The maximum atomic E-state index is 12.0. The molecule has 2 unspecified atom stereocenters. The van der Waals surface area contributed by atoms with Crippen LogP contribution >= 0.6 is 12.4 Å². The average molecular weight is 286 g/mol. The van der Waals surface area contributed by atoms with Gasteiger partial charge in [-0.05, 0) is 40.2 Å². The van der Waals surface area contributed by atoms with Gasteiger partial charge in [0.25, 0.3) is 10.2 Å². The Hall–Kier alpha value is 0.120. The first kappa shape index (κ1) is 17.1. The van der Waals surface area contributed by atoms with E-state index in [0.717, 1.165) is 19.4 Å². The van der Waals surface area contributed by atoms with Crippen molar-refractivity contribution in [2.45, 2.75) is 51.7 Å². The summed E-state index contributed by atoms with van der Waals surface area (Å²) >= 11 is 0. The van der Waals surface area contributed by atoms with Gasteiger partial charge in [0.05, 0.1) is 0 Å². The first-order valence-electron chi connectivity index (χ1n) is 5.83. The number of piperidine rings is 1. The molecule has 7 heteroatoms. The van der Waals surface area contributed by atoms with Gasteiger partial charge in [0, 0.05) is 25.2 Å². The Kier molecular flexibility index (Phi) is 6.94. The topological polar surface area (TPSA) is 61.4 Å². The summed E-state index contributed by atoms with van der Waals surface area (Å²) in [6, 6.07) is 0.174. The Bertz CT molecular complexity index is 322. The molecule has 0 bridgehead atoms. The number of hydrogen-bond donors (Lipinski definition) is 2. The normalized spacial score (nSPS) is 26.0. The molecule has 2 N–H and O–H groups in total. The van der Waals surface area contributed by atoms with Crippen molar-refractivity contribution < 1.29 is 8.42 Å². The molecule has 0 spiro atoms. The molecule has 0 aromatic heterocycles. The first-order chi connectivity index (χ1) is 7.34. The van der Waals surface area contributed by atoms with Crippen LogP contribution in [-0.4, -0.2) is 44.4 Å². The van der Waals surface area contributed by atoms with E-state index in [2.05, 4.69) is 10.0 Å². The summed E-state index contributed by atoms with van der Waals surface area (Å²) in [5.41, 5.74) is 0. The summed E-state index contributed by atoms with van der Waals surface area (Å²) in [6.45, 7) is 6.71. The van der Waals surface area contributed by atoms with Gasteiger partial charge < -0.3 is 5.32 Å². The summed E-state index contributed by atoms with van der Waals surface area (Å²) in [4.78, 5) is 0. The fraction of sp³-hybridized carbons (Fsp3) is 1.00. The Balaban J connectivity index is 0.00000256. The van der Waals surface area contributed by atoms with Gasteiger partial charge in [-0.3, -0.25) is 0 Å². The van der Waals surface area contributed by atoms with Crippen LogP contribution in [0.3, 0.4) is 0 Å². The number of nitrogens with one attached hydrogen (secondary N) is 2. The van der Waals surface area contributed by atoms with E-state index in [1.54, 1.807) is 7.05 Å². The van der Waals surface area contributed by atoms with Crippen molar-refractivity contribution in [3.05, 3.63) is 0 Å². The van der Waals surface area contributed by atoms with Crippen LogP contribution < -0.4 is 10.0 Å². The van der Waals surface area contributed by atoms with Gasteiger partial charge in [-0.15, -0.1) is 12.4 Å². The predicted octanol–water partition coefficient (Wildman–Crippen LogP) is 0.723. The molecule has 0 saturated carbocycles. The maximum absolute atomic E-state index is 12.0. The monoisotopic (exact) mass is 285 g/mol. The van der Waals surface area contributed by atoms with Crippen LogP contribution in [0.5, 0.6) is 0 Å². The Morgan fingerprint density at radius 3 is 2.47 bits per heavy atom. The molecular formula is C10H24ClN3O2S. The second-order valence-electron chi connectivity index (χ2n) is 4.72. The minimum Gasteiger partial charge on any atom is -0.313 e. The number of nitrogens with zero attached hydrogens (tertiary/aromatic N) is 1. The second kappa shape index (κ2) is 6.89. The van der Waals surface area contributed by atoms with E-state index in [1.165, 1.54) is 4.31 Å². The van der Waals surface area contributed by atoms with Crippen molar-refractivity contribution in [1.82, 2.24) is 14.3 Å². The van der Waals surface area contributed by atoms with Crippen LogP contribution in [0.15, 0.2) is 0 Å². The van der Waals surface area contributed by atoms with E-state index in [1.807, 2.05) is 20.8 Å². The second-order valence-corrected chi connectivity index (χ2v) is 6.49. The first-order valence-corrected chi connectivity index (χ1v) is 7.27. The van der Waals surface area contributed by atoms with Crippen LogP contribution in [0.4, 0.5) is 0 Å². The van der Waals surface area contributed by atoms with Gasteiger partial charge in [0.15, 0.2) is 0 Å². The van der Waals surface area contributed by atoms with Crippen LogP contribution in [0.25, 0.3) is 0 Å². The zero-order valence-corrected chi connectivity index (χ0v) is 12.6. The predicted molar refractivity (Wildman–Crippen MR) is 72.7 cm³/mol. The minimum atomic E-state index is -3.35. The Morgan fingerprint density at radius 1 is 1.41 bits per heavy atom. The molecule has 17 heavy (non-hydrogen) atoms. The summed E-state index contributed by atoms with van der Waals surface area (Å²) < 4.78 is 28.1. The highest BCUT2D eigenvalue weighted by molar-refractivity contribution is 7.87. The molecule has 5 nitrogen and oxygen atoms in total. The van der Waals surface area contributed by atoms with Crippen molar-refractivity contribution >= 4 is 22.6 Å². The van der Waals surface area contributed by atoms with Crippen molar-refractivity contribution in [2.75, 3.05) is 13.6 Å². The van der Waals surface area contributed by atoms with E-state index < -0.39 is 10.2 Å². The number of halogens is 1. The summed E-state index contributed by atoms with van der Waals surface area (Å²) in [6.07, 6.45) is 1.92. The smallest absolute Gasteiger partial charge is 0.279 e. The molecule has 1 aliphatic rings. The molecule has 0 aromatic carbocycles. The molecule has 0 amide bonds. The molecular weight excluding hydrogens is 262 g/mol. The van der Waals surface area contributed by atoms with E-state index >= 15 is 0 Å². The molecule has 1 saturated heterocycles. The van der Waals surface area contributed by atoms with Crippen LogP contribution in [0, 0.1) is 0 Å². The highest BCUT2D eigenvalue weighted by Gasteiger charge is 2.28. The molecule has 0 aliphatic carbocycles. The van der Waals surface area contributed by atoms with E-state index in [9.17, 15) is 8.42 Å². The average Bonchev–Trinajstić information content (AvgIpc) is 2.20. The van der Waals surface area contributed by atoms with Gasteiger partial charge in [0.2, 0.25) is 0 Å². The SMILES string of the molecule is CC1NCCCC1NS(=O)(=O)N(C)C(C)C.Cl. The van der Waals surface area contributed by atoms with Gasteiger partial charge >= 0.3 is 0 Å². The fourth-order valence-corrected chi connectivity index (χ4v) is 3.18. The molecule has 1 aliphatic heterocycles. The molecule has 1 fully saturated rings. The van der Waals surface area contributed by atoms with E-state index in [-0.39, 0.29) is 30.5 Å². The molecule has 1 rings (SSSR count). The molecule has 2 atom stereocenters. The quantitative estimate of drug-likeness (QED) is 0.800. The lowest BCUT2D eigenvalue weighted by Gasteiger charge is -2.32. The molecule has 0 aromatic rings. The minimum absolute atomic E-state index is 0.